The number of aliphatic carboxylic acids is 1. The van der Waals surface area contributed by atoms with Crippen LogP contribution in [0, 0.1) is 0 Å². The zero-order valence-electron chi connectivity index (χ0n) is 25.7. The maximum Gasteiger partial charge on any atom is 0.305 e. The molecule has 1 fully saturated rings. The predicted molar refractivity (Wildman–Crippen MR) is 163 cm³/mol. The van der Waals surface area contributed by atoms with Crippen LogP contribution in [0.4, 0.5) is 0 Å². The third-order valence-electron chi connectivity index (χ3n) is 7.61. The van der Waals surface area contributed by atoms with Crippen LogP contribution in [-0.4, -0.2) is 70.4 Å². The van der Waals surface area contributed by atoms with Crippen molar-refractivity contribution in [2.45, 2.75) is 82.4 Å². The van der Waals surface area contributed by atoms with E-state index in [0.29, 0.717) is 32.1 Å². The van der Waals surface area contributed by atoms with Gasteiger partial charge in [0.15, 0.2) is 5.75 Å². The summed E-state index contributed by atoms with van der Waals surface area (Å²) in [6.07, 6.45) is 0.503. The molecule has 9 nitrogen and oxygen atoms in total. The van der Waals surface area contributed by atoms with Gasteiger partial charge in [-0.2, -0.15) is 4.89 Å². The number of hydrogen-bond donors (Lipinski definition) is 2. The molecule has 2 unspecified atom stereocenters. The monoisotopic (exact) mass is 600 g/mol. The molecule has 0 aliphatic carbocycles. The number of nitrogens with zero attached hydrogens (tertiary/aromatic N) is 2. The van der Waals surface area contributed by atoms with Gasteiger partial charge in [-0.15, -0.1) is 11.8 Å². The number of phenols is 1. The number of rotatable bonds is 11. The van der Waals surface area contributed by atoms with Gasteiger partial charge in [-0.05, 0) is 71.8 Å². The van der Waals surface area contributed by atoms with Gasteiger partial charge in [0.1, 0.15) is 30.1 Å². The Hall–Kier alpha value is -2.95. The first-order valence-corrected chi connectivity index (χ1v) is 15.4. The van der Waals surface area contributed by atoms with Gasteiger partial charge in [0.2, 0.25) is 5.91 Å². The fourth-order valence-corrected chi connectivity index (χ4v) is 6.68. The van der Waals surface area contributed by atoms with Crippen LogP contribution in [0.5, 0.6) is 17.2 Å². The Morgan fingerprint density at radius 1 is 1.10 bits per heavy atom. The Morgan fingerprint density at radius 3 is 2.38 bits per heavy atom. The second kappa shape index (κ2) is 12.7. The van der Waals surface area contributed by atoms with Crippen LogP contribution in [0.3, 0.4) is 0 Å². The van der Waals surface area contributed by atoms with Crippen molar-refractivity contribution in [3.05, 3.63) is 52.6 Å². The summed E-state index contributed by atoms with van der Waals surface area (Å²) < 4.78 is 5.89. The number of phenolic OH excluding ortho intramolecular Hbond substituents is 1. The van der Waals surface area contributed by atoms with Crippen molar-refractivity contribution in [2.75, 3.05) is 33.3 Å². The molecule has 2 aromatic carbocycles. The fraction of sp³-hybridized carbons (Fsp3) is 0.562. The molecule has 2 aromatic rings. The number of likely N-dealkylation sites (N-methyl/N-ethyl adjacent to an activating group) is 1. The summed E-state index contributed by atoms with van der Waals surface area (Å²) in [7, 11) is 2.01. The van der Waals surface area contributed by atoms with Gasteiger partial charge in [-0.3, -0.25) is 9.59 Å². The van der Waals surface area contributed by atoms with Gasteiger partial charge in [-0.1, -0.05) is 41.5 Å². The van der Waals surface area contributed by atoms with Crippen molar-refractivity contribution in [1.29, 1.82) is 0 Å². The van der Waals surface area contributed by atoms with Crippen molar-refractivity contribution >= 4 is 23.6 Å². The zero-order chi connectivity index (χ0) is 30.8. The molecule has 230 valence electrons. The van der Waals surface area contributed by atoms with Crippen molar-refractivity contribution in [3.8, 4) is 17.2 Å². The molecule has 2 atom stereocenters. The van der Waals surface area contributed by atoms with E-state index in [9.17, 15) is 19.8 Å². The van der Waals surface area contributed by atoms with E-state index in [2.05, 4.69) is 46.4 Å². The molecule has 1 amide bonds. The molecule has 0 aromatic heterocycles. The van der Waals surface area contributed by atoms with Gasteiger partial charge in [0.25, 0.3) is 0 Å². The minimum atomic E-state index is -0.986. The molecular weight excluding hydrogens is 556 g/mol. The van der Waals surface area contributed by atoms with Crippen LogP contribution in [0.1, 0.15) is 82.0 Å². The molecule has 0 bridgehead atoms. The Labute approximate surface area is 253 Å². The fourth-order valence-electron chi connectivity index (χ4n) is 5.23. The Balaban J connectivity index is 1.44. The van der Waals surface area contributed by atoms with Crippen molar-refractivity contribution < 1.29 is 34.3 Å². The molecule has 2 heterocycles. The van der Waals surface area contributed by atoms with E-state index < -0.39 is 11.2 Å². The topological polar surface area (TPSA) is 109 Å². The summed E-state index contributed by atoms with van der Waals surface area (Å²) >= 11 is 1.39. The van der Waals surface area contributed by atoms with E-state index in [-0.39, 0.29) is 34.3 Å². The van der Waals surface area contributed by atoms with Crippen LogP contribution in [0.15, 0.2) is 30.3 Å². The lowest BCUT2D eigenvalue weighted by Gasteiger charge is -2.31. The SMILES string of the molecule is CN(CCCN1C(=O)C(CC(=O)O)SC1c1cc(C(C)(C)C)c(O)c(C(C)(C)C)c1)CCOc1ccc2c(c1)OOC2. The molecule has 0 radical (unpaired) electrons. The summed E-state index contributed by atoms with van der Waals surface area (Å²) in [5.74, 6) is 0.552. The molecular formula is C32H44N2O7S. The summed E-state index contributed by atoms with van der Waals surface area (Å²) in [5, 5.41) is 19.7. The molecule has 0 spiro atoms. The van der Waals surface area contributed by atoms with Crippen molar-refractivity contribution in [3.63, 3.8) is 0 Å². The van der Waals surface area contributed by atoms with E-state index in [1.165, 1.54) is 11.8 Å². The second-order valence-corrected chi connectivity index (χ2v) is 14.5. The number of amides is 1. The van der Waals surface area contributed by atoms with E-state index in [4.69, 9.17) is 14.5 Å². The van der Waals surface area contributed by atoms with Crippen LogP contribution >= 0.6 is 11.8 Å². The molecule has 42 heavy (non-hydrogen) atoms. The normalized spacial score (nSPS) is 18.9. The van der Waals surface area contributed by atoms with Gasteiger partial charge in [-0.25, -0.2) is 0 Å². The number of carbonyl (C=O) groups excluding carboxylic acids is 1. The van der Waals surface area contributed by atoms with E-state index in [1.54, 1.807) is 0 Å². The molecule has 1 saturated heterocycles. The van der Waals surface area contributed by atoms with Crippen molar-refractivity contribution in [1.82, 2.24) is 9.80 Å². The van der Waals surface area contributed by atoms with E-state index in [0.717, 1.165) is 41.0 Å². The summed E-state index contributed by atoms with van der Waals surface area (Å²) in [5.41, 5.74) is 2.92. The van der Waals surface area contributed by atoms with Crippen LogP contribution in [0.25, 0.3) is 0 Å². The largest absolute Gasteiger partial charge is 0.507 e. The summed E-state index contributed by atoms with van der Waals surface area (Å²) in [4.78, 5) is 39.1. The average Bonchev–Trinajstić information content (AvgIpc) is 3.47. The third-order valence-corrected chi connectivity index (χ3v) is 9.09. The standard InChI is InChI=1S/C32H44N2O7S/c1-31(2,3)23-15-21(16-24(28(23)37)32(4,5)6)30-34(29(38)26(42-30)18-27(35)36)12-8-11-33(7)13-14-39-22-10-9-20-19-40-41-25(20)17-22/h9-10,15-17,26,30,37H,8,11-14,18-19H2,1-7H3,(H,35,36). The first kappa shape index (κ1) is 32.0. The number of fused-ring (bicyclic) bond motifs is 1. The lowest BCUT2D eigenvalue weighted by Crippen LogP contribution is -2.35. The van der Waals surface area contributed by atoms with Crippen LogP contribution in [0.2, 0.25) is 0 Å². The molecule has 2 aliphatic heterocycles. The predicted octanol–water partition coefficient (Wildman–Crippen LogP) is 5.63. The minimum absolute atomic E-state index is 0.149. The lowest BCUT2D eigenvalue weighted by atomic mass is 9.78. The van der Waals surface area contributed by atoms with E-state index in [1.807, 2.05) is 42.3 Å². The summed E-state index contributed by atoms with van der Waals surface area (Å²) in [6.45, 7) is 15.2. The first-order chi connectivity index (χ1) is 19.6. The van der Waals surface area contributed by atoms with Crippen LogP contribution in [-0.2, 0) is 31.9 Å². The molecule has 4 rings (SSSR count). The Bertz CT molecular complexity index is 1270. The zero-order valence-corrected chi connectivity index (χ0v) is 26.5. The maximum atomic E-state index is 13.5. The highest BCUT2D eigenvalue weighted by Gasteiger charge is 2.42. The molecule has 2 aliphatic rings. The Kier molecular flexibility index (Phi) is 9.69. The number of carboxylic acid groups (broad SMARTS) is 1. The van der Waals surface area contributed by atoms with Crippen molar-refractivity contribution in [2.24, 2.45) is 0 Å². The number of benzene rings is 2. The smallest absolute Gasteiger partial charge is 0.305 e. The second-order valence-electron chi connectivity index (χ2n) is 13.2. The molecule has 10 heteroatoms. The number of hydrogen-bond acceptors (Lipinski definition) is 8. The summed E-state index contributed by atoms with van der Waals surface area (Å²) in [6, 6.07) is 9.65. The van der Waals surface area contributed by atoms with Crippen LogP contribution < -0.4 is 9.62 Å². The number of carboxylic acids is 1. The molecule has 2 N–H and O–H groups in total. The third kappa shape index (κ3) is 7.51. The highest BCUT2D eigenvalue weighted by atomic mass is 32.2. The highest BCUT2D eigenvalue weighted by Crippen LogP contribution is 2.48. The first-order valence-electron chi connectivity index (χ1n) is 14.4. The average molecular weight is 601 g/mol. The van der Waals surface area contributed by atoms with Gasteiger partial charge < -0.3 is 29.6 Å². The van der Waals surface area contributed by atoms with E-state index >= 15 is 0 Å². The number of ether oxygens (including phenoxy) is 1. The lowest BCUT2D eigenvalue weighted by molar-refractivity contribution is -0.194. The maximum absolute atomic E-state index is 13.5. The minimum Gasteiger partial charge on any atom is -0.507 e. The molecule has 0 saturated carbocycles. The van der Waals surface area contributed by atoms with Gasteiger partial charge in [0.05, 0.1) is 11.7 Å². The number of thioether (sulfide) groups is 1. The quantitative estimate of drug-likeness (QED) is 0.317. The highest BCUT2D eigenvalue weighted by molar-refractivity contribution is 8.01. The number of aromatic hydroxyl groups is 1. The Morgan fingerprint density at radius 2 is 1.76 bits per heavy atom. The number of carbonyl (C=O) groups is 2. The van der Waals surface area contributed by atoms with Gasteiger partial charge in [0, 0.05) is 24.7 Å². The van der Waals surface area contributed by atoms with Gasteiger partial charge >= 0.3 is 5.97 Å².